The van der Waals surface area contributed by atoms with Crippen LogP contribution in [0.5, 0.6) is 23.3 Å². The van der Waals surface area contributed by atoms with Crippen LogP contribution in [0.1, 0.15) is 36.7 Å². The summed E-state index contributed by atoms with van der Waals surface area (Å²) >= 11 is 0. The predicted octanol–water partition coefficient (Wildman–Crippen LogP) is 3.58. The van der Waals surface area contributed by atoms with Crippen molar-refractivity contribution in [2.45, 2.75) is 31.8 Å². The molecule has 1 aromatic heterocycles. The molecule has 0 aliphatic carbocycles. The average Bonchev–Trinajstić information content (AvgIpc) is 2.77. The standard InChI is InChI=1S/C21H28FN3O4/c1-26-17-8-7-15(12-18(17)29-11-9-22)14-25-10-5-4-6-16(25)21-23-19(27-2)13-20(24-21)28-3/h7-8,12-13,16H,4-6,9-11,14H2,1-3H3. The molecule has 7 nitrogen and oxygen atoms in total. The van der Waals surface area contributed by atoms with Crippen molar-refractivity contribution in [1.82, 2.24) is 14.9 Å². The Kier molecular flexibility index (Phi) is 7.46. The average molecular weight is 405 g/mol. The van der Waals surface area contributed by atoms with Gasteiger partial charge in [0, 0.05) is 6.54 Å². The Morgan fingerprint density at radius 3 is 2.41 bits per heavy atom. The van der Waals surface area contributed by atoms with Crippen LogP contribution in [-0.2, 0) is 6.54 Å². The molecule has 0 amide bonds. The first-order chi connectivity index (χ1) is 14.2. The van der Waals surface area contributed by atoms with Crippen LogP contribution >= 0.6 is 0 Å². The normalized spacial score (nSPS) is 17.0. The lowest BCUT2D eigenvalue weighted by molar-refractivity contribution is 0.132. The van der Waals surface area contributed by atoms with Crippen LogP contribution in [0.2, 0.25) is 0 Å². The number of aromatic nitrogens is 2. The van der Waals surface area contributed by atoms with Crippen molar-refractivity contribution in [3.05, 3.63) is 35.7 Å². The van der Waals surface area contributed by atoms with E-state index in [2.05, 4.69) is 14.9 Å². The first-order valence-corrected chi connectivity index (χ1v) is 9.75. The molecule has 1 saturated heterocycles. The van der Waals surface area contributed by atoms with Crippen molar-refractivity contribution < 1.29 is 23.3 Å². The summed E-state index contributed by atoms with van der Waals surface area (Å²) in [4.78, 5) is 11.5. The van der Waals surface area contributed by atoms with E-state index < -0.39 is 6.67 Å². The number of hydrogen-bond donors (Lipinski definition) is 0. The van der Waals surface area contributed by atoms with Gasteiger partial charge in [0.05, 0.1) is 33.4 Å². The maximum atomic E-state index is 12.5. The smallest absolute Gasteiger partial charge is 0.220 e. The van der Waals surface area contributed by atoms with Crippen molar-refractivity contribution in [2.24, 2.45) is 0 Å². The number of methoxy groups -OCH3 is 3. The molecule has 0 radical (unpaired) electrons. The molecule has 0 bridgehead atoms. The van der Waals surface area contributed by atoms with Crippen LogP contribution < -0.4 is 18.9 Å². The molecule has 1 aliphatic heterocycles. The van der Waals surface area contributed by atoms with Crippen molar-refractivity contribution in [2.75, 3.05) is 41.2 Å². The maximum Gasteiger partial charge on any atom is 0.220 e. The van der Waals surface area contributed by atoms with Crippen LogP contribution in [0.25, 0.3) is 0 Å². The van der Waals surface area contributed by atoms with E-state index in [1.165, 1.54) is 0 Å². The lowest BCUT2D eigenvalue weighted by atomic mass is 10.00. The van der Waals surface area contributed by atoms with Gasteiger partial charge in [-0.1, -0.05) is 12.5 Å². The summed E-state index contributed by atoms with van der Waals surface area (Å²) < 4.78 is 34.0. The van der Waals surface area contributed by atoms with Crippen molar-refractivity contribution in [1.29, 1.82) is 0 Å². The number of likely N-dealkylation sites (tertiary alicyclic amines) is 1. The summed E-state index contributed by atoms with van der Waals surface area (Å²) in [5, 5.41) is 0. The monoisotopic (exact) mass is 405 g/mol. The Bertz CT molecular complexity index is 783. The molecule has 158 valence electrons. The molecule has 0 spiro atoms. The number of piperidine rings is 1. The molecule has 2 aromatic rings. The van der Waals surface area contributed by atoms with E-state index in [4.69, 9.17) is 18.9 Å². The van der Waals surface area contributed by atoms with Gasteiger partial charge < -0.3 is 18.9 Å². The third-order valence-electron chi connectivity index (χ3n) is 4.97. The summed E-state index contributed by atoms with van der Waals surface area (Å²) in [6, 6.07) is 7.50. The third-order valence-corrected chi connectivity index (χ3v) is 4.97. The lowest BCUT2D eigenvalue weighted by Gasteiger charge is -2.35. The highest BCUT2D eigenvalue weighted by molar-refractivity contribution is 5.43. The van der Waals surface area contributed by atoms with Gasteiger partial charge in [-0.05, 0) is 37.1 Å². The third kappa shape index (κ3) is 5.26. The SMILES string of the molecule is COc1cc(OC)nc(C2CCCCN2Cc2ccc(OC)c(OCCF)c2)n1. The second kappa shape index (κ2) is 10.2. The van der Waals surface area contributed by atoms with Crippen LogP contribution in [0.15, 0.2) is 24.3 Å². The highest BCUT2D eigenvalue weighted by Crippen LogP contribution is 2.34. The fourth-order valence-electron chi connectivity index (χ4n) is 3.57. The van der Waals surface area contributed by atoms with E-state index in [1.54, 1.807) is 27.4 Å². The summed E-state index contributed by atoms with van der Waals surface area (Å²) in [5.41, 5.74) is 1.06. The number of halogens is 1. The van der Waals surface area contributed by atoms with E-state index in [0.29, 0.717) is 35.6 Å². The first kappa shape index (κ1) is 21.1. The molecular formula is C21H28FN3O4. The van der Waals surface area contributed by atoms with Gasteiger partial charge in [-0.25, -0.2) is 4.39 Å². The summed E-state index contributed by atoms with van der Waals surface area (Å²) in [5.74, 6) is 2.82. The Hall–Kier alpha value is -2.61. The Morgan fingerprint density at radius 1 is 1.00 bits per heavy atom. The van der Waals surface area contributed by atoms with Crippen LogP contribution in [-0.4, -0.2) is 56.0 Å². The van der Waals surface area contributed by atoms with Gasteiger partial charge >= 0.3 is 0 Å². The Balaban J connectivity index is 1.84. The van der Waals surface area contributed by atoms with Crippen LogP contribution in [0.3, 0.4) is 0 Å². The number of ether oxygens (including phenoxy) is 4. The largest absolute Gasteiger partial charge is 0.493 e. The van der Waals surface area contributed by atoms with Crippen molar-refractivity contribution in [3.8, 4) is 23.3 Å². The fraction of sp³-hybridized carbons (Fsp3) is 0.524. The zero-order chi connectivity index (χ0) is 20.6. The number of alkyl halides is 1. The van der Waals surface area contributed by atoms with Gasteiger partial charge in [0.15, 0.2) is 17.3 Å². The molecule has 29 heavy (non-hydrogen) atoms. The molecule has 8 heteroatoms. The molecule has 1 atom stereocenters. The fourth-order valence-corrected chi connectivity index (χ4v) is 3.57. The zero-order valence-corrected chi connectivity index (χ0v) is 17.2. The minimum atomic E-state index is -0.545. The number of benzene rings is 1. The highest BCUT2D eigenvalue weighted by Gasteiger charge is 2.27. The minimum Gasteiger partial charge on any atom is -0.493 e. The van der Waals surface area contributed by atoms with E-state index in [1.807, 2.05) is 18.2 Å². The molecule has 3 rings (SSSR count). The van der Waals surface area contributed by atoms with E-state index in [-0.39, 0.29) is 12.6 Å². The second-order valence-electron chi connectivity index (χ2n) is 6.82. The highest BCUT2D eigenvalue weighted by atomic mass is 19.1. The molecule has 0 N–H and O–H groups in total. The summed E-state index contributed by atoms with van der Waals surface area (Å²) in [6.45, 7) is 1.09. The predicted molar refractivity (Wildman–Crippen MR) is 107 cm³/mol. The number of nitrogens with zero attached hydrogens (tertiary/aromatic N) is 3. The quantitative estimate of drug-likeness (QED) is 0.632. The molecule has 1 aliphatic rings. The van der Waals surface area contributed by atoms with Crippen molar-refractivity contribution in [3.63, 3.8) is 0 Å². The van der Waals surface area contributed by atoms with Gasteiger partial charge in [0.2, 0.25) is 11.8 Å². The topological polar surface area (TPSA) is 65.9 Å². The summed E-state index contributed by atoms with van der Waals surface area (Å²) in [7, 11) is 4.74. The number of rotatable bonds is 9. The van der Waals surface area contributed by atoms with Gasteiger partial charge in [-0.3, -0.25) is 4.90 Å². The van der Waals surface area contributed by atoms with Crippen LogP contribution in [0.4, 0.5) is 4.39 Å². The van der Waals surface area contributed by atoms with Gasteiger partial charge in [-0.2, -0.15) is 9.97 Å². The molecule has 1 aromatic carbocycles. The number of hydrogen-bond acceptors (Lipinski definition) is 7. The molecule has 2 heterocycles. The second-order valence-corrected chi connectivity index (χ2v) is 6.82. The molecule has 1 fully saturated rings. The van der Waals surface area contributed by atoms with Gasteiger partial charge in [0.1, 0.15) is 13.3 Å². The molecule has 1 unspecified atom stereocenters. The molecule has 0 saturated carbocycles. The van der Waals surface area contributed by atoms with Gasteiger partial charge in [0.25, 0.3) is 0 Å². The minimum absolute atomic E-state index is 0.00357. The summed E-state index contributed by atoms with van der Waals surface area (Å²) in [6.07, 6.45) is 3.17. The van der Waals surface area contributed by atoms with E-state index in [9.17, 15) is 4.39 Å². The Morgan fingerprint density at radius 2 is 1.76 bits per heavy atom. The first-order valence-electron chi connectivity index (χ1n) is 9.75. The maximum absolute atomic E-state index is 12.5. The van der Waals surface area contributed by atoms with Gasteiger partial charge in [-0.15, -0.1) is 0 Å². The Labute approximate surface area is 170 Å². The van der Waals surface area contributed by atoms with E-state index in [0.717, 1.165) is 31.4 Å². The zero-order valence-electron chi connectivity index (χ0n) is 17.2. The molecular weight excluding hydrogens is 377 g/mol. The van der Waals surface area contributed by atoms with E-state index >= 15 is 0 Å². The van der Waals surface area contributed by atoms with Crippen LogP contribution in [0, 0.1) is 0 Å². The lowest BCUT2D eigenvalue weighted by Crippen LogP contribution is -2.34. The van der Waals surface area contributed by atoms with Crippen molar-refractivity contribution >= 4 is 0 Å².